The number of halogens is 1. The summed E-state index contributed by atoms with van der Waals surface area (Å²) >= 11 is 1.82. The fourth-order valence-electron chi connectivity index (χ4n) is 3.42. The van der Waals surface area contributed by atoms with Gasteiger partial charge in [0.25, 0.3) is 0 Å². The van der Waals surface area contributed by atoms with Gasteiger partial charge in [-0.2, -0.15) is 11.8 Å². The fourth-order valence-corrected chi connectivity index (χ4v) is 5.91. The molecule has 0 aromatic rings. The molecule has 0 saturated carbocycles. The van der Waals surface area contributed by atoms with E-state index in [4.69, 9.17) is 0 Å². The summed E-state index contributed by atoms with van der Waals surface area (Å²) in [4.78, 5) is 6.77. The maximum atomic E-state index is 12.4. The molecule has 2 N–H and O–H groups in total. The van der Waals surface area contributed by atoms with Crippen LogP contribution >= 0.6 is 35.7 Å². The lowest BCUT2D eigenvalue weighted by Gasteiger charge is -2.34. The maximum absolute atomic E-state index is 12.4. The summed E-state index contributed by atoms with van der Waals surface area (Å²) in [6, 6.07) is 0.403. The van der Waals surface area contributed by atoms with E-state index in [1.54, 1.807) is 11.4 Å². The smallest absolute Gasteiger partial charge is 0.215 e. The molecule has 10 heteroatoms. The third kappa shape index (κ3) is 9.05. The summed E-state index contributed by atoms with van der Waals surface area (Å²) in [6.45, 7) is 9.54. The van der Waals surface area contributed by atoms with E-state index in [2.05, 4.69) is 34.4 Å². The van der Waals surface area contributed by atoms with Gasteiger partial charge >= 0.3 is 0 Å². The van der Waals surface area contributed by atoms with E-state index in [9.17, 15) is 8.42 Å². The first kappa shape index (κ1) is 25.3. The van der Waals surface area contributed by atoms with Gasteiger partial charge in [0, 0.05) is 63.9 Å². The average Bonchev–Trinajstić information content (AvgIpc) is 2.62. The van der Waals surface area contributed by atoms with Crippen LogP contribution in [0.5, 0.6) is 0 Å². The molecule has 0 bridgehead atoms. The summed E-state index contributed by atoms with van der Waals surface area (Å²) in [5.41, 5.74) is 0. The van der Waals surface area contributed by atoms with E-state index in [-0.39, 0.29) is 29.7 Å². The lowest BCUT2D eigenvalue weighted by atomic mass is 10.0. The Kier molecular flexibility index (Phi) is 11.9. The number of nitrogens with one attached hydrogen (secondary N) is 2. The first-order valence-corrected chi connectivity index (χ1v) is 12.4. The number of thioether (sulfide) groups is 1. The molecule has 2 aliphatic heterocycles. The minimum atomic E-state index is -3.17. The van der Waals surface area contributed by atoms with Crippen molar-refractivity contribution in [3.05, 3.63) is 0 Å². The molecule has 2 aliphatic rings. The predicted molar refractivity (Wildman–Crippen MR) is 127 cm³/mol. The van der Waals surface area contributed by atoms with Crippen molar-refractivity contribution in [1.29, 1.82) is 0 Å². The van der Waals surface area contributed by atoms with Gasteiger partial charge in [-0.05, 0) is 18.8 Å². The van der Waals surface area contributed by atoms with Crippen molar-refractivity contribution < 1.29 is 8.42 Å². The number of piperidine rings is 1. The van der Waals surface area contributed by atoms with Gasteiger partial charge in [-0.15, -0.1) is 24.0 Å². The first-order chi connectivity index (χ1) is 12.4. The SMILES string of the molecule is CN=C(NCCS(=O)(=O)N1CCSCC1)NC1CCN(CC(C)C)CC1.I. The molecule has 160 valence electrons. The Labute approximate surface area is 186 Å². The molecule has 0 aromatic carbocycles. The zero-order valence-electron chi connectivity index (χ0n) is 16.8. The zero-order valence-corrected chi connectivity index (χ0v) is 20.8. The standard InChI is InChI=1S/C17H35N5O2S2.HI/c1-15(2)14-21-7-4-16(5-8-21)20-17(18-3)19-6-13-26(23,24)22-9-11-25-12-10-22;/h15-16H,4-14H2,1-3H3,(H2,18,19,20);1H. The van der Waals surface area contributed by atoms with Crippen molar-refractivity contribution in [2.45, 2.75) is 32.7 Å². The molecule has 2 heterocycles. The van der Waals surface area contributed by atoms with Crippen LogP contribution in [0.25, 0.3) is 0 Å². The van der Waals surface area contributed by atoms with Gasteiger partial charge < -0.3 is 15.5 Å². The van der Waals surface area contributed by atoms with E-state index in [0.717, 1.165) is 44.0 Å². The van der Waals surface area contributed by atoms with Crippen LogP contribution in [0, 0.1) is 5.92 Å². The molecule has 0 spiro atoms. The Bertz CT molecular complexity index is 546. The highest BCUT2D eigenvalue weighted by Crippen LogP contribution is 2.13. The third-order valence-corrected chi connectivity index (χ3v) is 7.61. The summed E-state index contributed by atoms with van der Waals surface area (Å²) in [7, 11) is -1.44. The number of hydrogen-bond acceptors (Lipinski definition) is 5. The van der Waals surface area contributed by atoms with Crippen molar-refractivity contribution in [2.24, 2.45) is 10.9 Å². The van der Waals surface area contributed by atoms with E-state index < -0.39 is 10.0 Å². The van der Waals surface area contributed by atoms with E-state index >= 15 is 0 Å². The van der Waals surface area contributed by atoms with Gasteiger partial charge in [0.2, 0.25) is 10.0 Å². The number of guanidine groups is 1. The van der Waals surface area contributed by atoms with Gasteiger partial charge in [0.05, 0.1) is 5.75 Å². The van der Waals surface area contributed by atoms with E-state index in [1.807, 2.05) is 11.8 Å². The molecule has 0 amide bonds. The van der Waals surface area contributed by atoms with Gasteiger partial charge in [0.1, 0.15) is 0 Å². The first-order valence-electron chi connectivity index (χ1n) is 9.66. The Balaban J connectivity index is 0.00000364. The number of hydrogen-bond donors (Lipinski definition) is 2. The molecule has 0 unspecified atom stereocenters. The second kappa shape index (κ2) is 12.7. The minimum Gasteiger partial charge on any atom is -0.355 e. The number of sulfonamides is 1. The normalized spacial score (nSPS) is 21.1. The molecular weight excluding hydrogens is 497 g/mol. The van der Waals surface area contributed by atoms with Crippen molar-refractivity contribution in [3.63, 3.8) is 0 Å². The highest BCUT2D eigenvalue weighted by atomic mass is 127. The van der Waals surface area contributed by atoms with Crippen molar-refractivity contribution >= 4 is 51.7 Å². The molecule has 0 radical (unpaired) electrons. The second-order valence-electron chi connectivity index (χ2n) is 7.44. The number of rotatable bonds is 7. The topological polar surface area (TPSA) is 77.0 Å². The number of likely N-dealkylation sites (tertiary alicyclic amines) is 1. The minimum absolute atomic E-state index is 0. The van der Waals surface area contributed by atoms with E-state index in [1.165, 1.54) is 0 Å². The summed E-state index contributed by atoms with van der Waals surface area (Å²) < 4.78 is 26.4. The lowest BCUT2D eigenvalue weighted by Crippen LogP contribution is -2.50. The van der Waals surface area contributed by atoms with Gasteiger partial charge in [0.15, 0.2) is 5.96 Å². The van der Waals surface area contributed by atoms with E-state index in [0.29, 0.717) is 37.6 Å². The van der Waals surface area contributed by atoms with Crippen LogP contribution in [0.2, 0.25) is 0 Å². The van der Waals surface area contributed by atoms with Crippen LogP contribution < -0.4 is 10.6 Å². The second-order valence-corrected chi connectivity index (χ2v) is 10.8. The van der Waals surface area contributed by atoms with Crippen LogP contribution in [0.3, 0.4) is 0 Å². The molecule has 2 rings (SSSR count). The Morgan fingerprint density at radius 2 is 1.81 bits per heavy atom. The third-order valence-electron chi connectivity index (χ3n) is 4.79. The van der Waals surface area contributed by atoms with Crippen LogP contribution in [-0.2, 0) is 10.0 Å². The predicted octanol–water partition coefficient (Wildman–Crippen LogP) is 1.27. The monoisotopic (exact) mass is 533 g/mol. The van der Waals surface area contributed by atoms with Gasteiger partial charge in [-0.1, -0.05) is 13.8 Å². The highest BCUT2D eigenvalue weighted by Gasteiger charge is 2.24. The summed E-state index contributed by atoms with van der Waals surface area (Å²) in [5, 5.41) is 6.62. The molecular formula is C17H36IN5O2S2. The Hall–Kier alpha value is 0.220. The number of nitrogens with zero attached hydrogens (tertiary/aromatic N) is 3. The lowest BCUT2D eigenvalue weighted by molar-refractivity contribution is 0.187. The molecule has 27 heavy (non-hydrogen) atoms. The van der Waals surface area contributed by atoms with Crippen LogP contribution in [-0.4, -0.2) is 93.2 Å². The largest absolute Gasteiger partial charge is 0.355 e. The molecule has 2 saturated heterocycles. The fraction of sp³-hybridized carbons (Fsp3) is 0.941. The van der Waals surface area contributed by atoms with Crippen molar-refractivity contribution in [3.8, 4) is 0 Å². The average molecular weight is 534 g/mol. The van der Waals surface area contributed by atoms with Crippen molar-refractivity contribution in [1.82, 2.24) is 19.8 Å². The molecule has 0 aliphatic carbocycles. The Morgan fingerprint density at radius 3 is 2.37 bits per heavy atom. The molecule has 7 nitrogen and oxygen atoms in total. The van der Waals surface area contributed by atoms with Crippen LogP contribution in [0.1, 0.15) is 26.7 Å². The maximum Gasteiger partial charge on any atom is 0.215 e. The van der Waals surface area contributed by atoms with Crippen molar-refractivity contribution in [2.75, 3.05) is 63.6 Å². The molecule has 0 atom stereocenters. The molecule has 0 aromatic heterocycles. The molecule has 2 fully saturated rings. The number of aliphatic imine (C=N–C) groups is 1. The highest BCUT2D eigenvalue weighted by molar-refractivity contribution is 14.0. The zero-order chi connectivity index (χ0) is 19.0. The van der Waals surface area contributed by atoms with Gasteiger partial charge in [-0.25, -0.2) is 12.7 Å². The summed E-state index contributed by atoms with van der Waals surface area (Å²) in [5.74, 6) is 3.31. The quantitative estimate of drug-likeness (QED) is 0.292. The van der Waals surface area contributed by atoms with Crippen LogP contribution in [0.4, 0.5) is 0 Å². The van der Waals surface area contributed by atoms with Gasteiger partial charge in [-0.3, -0.25) is 4.99 Å². The summed E-state index contributed by atoms with van der Waals surface area (Å²) in [6.07, 6.45) is 2.19. The Morgan fingerprint density at radius 1 is 1.19 bits per heavy atom. The van der Waals surface area contributed by atoms with Crippen LogP contribution in [0.15, 0.2) is 4.99 Å².